The second-order valence-corrected chi connectivity index (χ2v) is 6.84. The van der Waals surface area contributed by atoms with Crippen LogP contribution in [0.1, 0.15) is 42.1 Å². The summed E-state index contributed by atoms with van der Waals surface area (Å²) in [5.74, 6) is 0.0689. The van der Waals surface area contributed by atoms with Gasteiger partial charge in [0.25, 0.3) is 0 Å². The minimum atomic E-state index is -0.221. The highest BCUT2D eigenvalue weighted by Crippen LogP contribution is 2.29. The van der Waals surface area contributed by atoms with Gasteiger partial charge in [-0.1, -0.05) is 30.3 Å². The molecule has 4 nitrogen and oxygen atoms in total. The molecule has 2 aromatic carbocycles. The van der Waals surface area contributed by atoms with Crippen LogP contribution in [0.3, 0.4) is 0 Å². The van der Waals surface area contributed by atoms with Crippen LogP contribution in [0, 0.1) is 5.82 Å². The van der Waals surface area contributed by atoms with Gasteiger partial charge in [-0.05, 0) is 41.7 Å². The zero-order valence-electron chi connectivity index (χ0n) is 15.5. The number of benzene rings is 2. The fourth-order valence-corrected chi connectivity index (χ4v) is 3.50. The van der Waals surface area contributed by atoms with Gasteiger partial charge in [0.1, 0.15) is 0 Å². The van der Waals surface area contributed by atoms with E-state index in [1.807, 2.05) is 13.0 Å². The summed E-state index contributed by atoms with van der Waals surface area (Å²) in [4.78, 5) is 13.5. The number of amides is 1. The van der Waals surface area contributed by atoms with E-state index in [1.54, 1.807) is 6.07 Å². The number of fused-ring (bicyclic) bond motifs is 1. The van der Waals surface area contributed by atoms with E-state index < -0.39 is 0 Å². The van der Waals surface area contributed by atoms with Crippen LogP contribution in [0.2, 0.25) is 0 Å². The molecule has 1 atom stereocenters. The van der Waals surface area contributed by atoms with Crippen molar-refractivity contribution in [3.8, 4) is 5.75 Å². The van der Waals surface area contributed by atoms with Gasteiger partial charge >= 0.3 is 0 Å². The summed E-state index contributed by atoms with van der Waals surface area (Å²) in [6.45, 7) is 5.88. The Hall–Kier alpha value is -2.40. The van der Waals surface area contributed by atoms with Crippen LogP contribution < -0.4 is 10.1 Å². The van der Waals surface area contributed by atoms with Crippen molar-refractivity contribution >= 4 is 5.91 Å². The molecule has 3 rings (SSSR count). The second-order valence-electron chi connectivity index (χ2n) is 6.84. The summed E-state index contributed by atoms with van der Waals surface area (Å²) < 4.78 is 19.4. The number of carbonyl (C=O) groups is 1. The van der Waals surface area contributed by atoms with Crippen molar-refractivity contribution in [2.75, 3.05) is 13.7 Å². The molecule has 0 spiro atoms. The van der Waals surface area contributed by atoms with Gasteiger partial charge in [0.2, 0.25) is 5.91 Å². The molecule has 0 bridgehead atoms. The van der Waals surface area contributed by atoms with E-state index in [9.17, 15) is 9.18 Å². The van der Waals surface area contributed by atoms with Crippen molar-refractivity contribution in [2.24, 2.45) is 0 Å². The smallest absolute Gasteiger partial charge is 0.217 e. The number of hydrogen-bond acceptors (Lipinski definition) is 3. The highest BCUT2D eigenvalue weighted by molar-refractivity contribution is 5.73. The lowest BCUT2D eigenvalue weighted by Gasteiger charge is -2.29. The maximum absolute atomic E-state index is 14.3. The van der Waals surface area contributed by atoms with Gasteiger partial charge in [-0.2, -0.15) is 0 Å². The Kier molecular flexibility index (Phi) is 5.57. The van der Waals surface area contributed by atoms with Crippen LogP contribution in [0.5, 0.6) is 5.75 Å². The first-order valence-electron chi connectivity index (χ1n) is 8.90. The van der Waals surface area contributed by atoms with E-state index >= 15 is 0 Å². The molecule has 5 heteroatoms. The third-order valence-electron chi connectivity index (χ3n) is 4.90. The number of nitrogens with one attached hydrogen (secondary N) is 1. The largest absolute Gasteiger partial charge is 0.494 e. The van der Waals surface area contributed by atoms with Gasteiger partial charge in [-0.3, -0.25) is 9.69 Å². The minimum absolute atomic E-state index is 0.00127. The summed E-state index contributed by atoms with van der Waals surface area (Å²) in [7, 11) is 1.50. The molecule has 0 saturated heterocycles. The van der Waals surface area contributed by atoms with Crippen LogP contribution in [0.15, 0.2) is 36.4 Å². The van der Waals surface area contributed by atoms with Gasteiger partial charge < -0.3 is 10.1 Å². The maximum Gasteiger partial charge on any atom is 0.217 e. The molecule has 1 amide bonds. The Morgan fingerprint density at radius 1 is 1.27 bits per heavy atom. The number of hydrogen-bond donors (Lipinski definition) is 1. The predicted molar refractivity (Wildman–Crippen MR) is 99.4 cm³/mol. The summed E-state index contributed by atoms with van der Waals surface area (Å²) in [5.41, 5.74) is 4.11. The van der Waals surface area contributed by atoms with Gasteiger partial charge in [0.05, 0.1) is 13.2 Å². The average Bonchev–Trinajstić information content (AvgIpc) is 2.62. The molecular weight excluding hydrogens is 331 g/mol. The quantitative estimate of drug-likeness (QED) is 0.890. The lowest BCUT2D eigenvalue weighted by molar-refractivity contribution is -0.119. The zero-order valence-corrected chi connectivity index (χ0v) is 15.5. The monoisotopic (exact) mass is 356 g/mol. The van der Waals surface area contributed by atoms with Crippen LogP contribution in [0.25, 0.3) is 0 Å². The molecule has 1 heterocycles. The Morgan fingerprint density at radius 3 is 2.65 bits per heavy atom. The normalized spacial score (nSPS) is 15.2. The molecule has 0 saturated carbocycles. The number of halogens is 1. The van der Waals surface area contributed by atoms with Crippen molar-refractivity contribution in [2.45, 2.75) is 39.4 Å². The van der Waals surface area contributed by atoms with E-state index in [2.05, 4.69) is 34.5 Å². The Bertz CT molecular complexity index is 789. The van der Waals surface area contributed by atoms with E-state index in [4.69, 9.17) is 4.74 Å². The fourth-order valence-electron chi connectivity index (χ4n) is 3.50. The highest BCUT2D eigenvalue weighted by Gasteiger charge is 2.21. The van der Waals surface area contributed by atoms with Crippen molar-refractivity contribution in [1.82, 2.24) is 10.2 Å². The maximum atomic E-state index is 14.3. The number of ether oxygens (including phenoxy) is 1. The first kappa shape index (κ1) is 18.4. The molecule has 1 aliphatic heterocycles. The van der Waals surface area contributed by atoms with Gasteiger partial charge in [0.15, 0.2) is 11.6 Å². The van der Waals surface area contributed by atoms with E-state index in [0.717, 1.165) is 36.3 Å². The lowest BCUT2D eigenvalue weighted by Crippen LogP contribution is -2.30. The fraction of sp³-hybridized carbons (Fsp3) is 0.381. The number of rotatable bonds is 5. The number of methoxy groups -OCH3 is 1. The summed E-state index contributed by atoms with van der Waals surface area (Å²) in [6.07, 6.45) is 0.690. The topological polar surface area (TPSA) is 41.6 Å². The van der Waals surface area contributed by atoms with E-state index in [-0.39, 0.29) is 17.8 Å². The minimum Gasteiger partial charge on any atom is -0.494 e. The van der Waals surface area contributed by atoms with E-state index in [1.165, 1.54) is 19.6 Å². The molecule has 138 valence electrons. The molecule has 2 aromatic rings. The molecule has 26 heavy (non-hydrogen) atoms. The first-order valence-corrected chi connectivity index (χ1v) is 8.90. The number of carbonyl (C=O) groups excluding carboxylic acids is 1. The third-order valence-corrected chi connectivity index (χ3v) is 4.90. The van der Waals surface area contributed by atoms with Crippen LogP contribution >= 0.6 is 0 Å². The van der Waals surface area contributed by atoms with Crippen molar-refractivity contribution in [1.29, 1.82) is 0 Å². The standard InChI is InChI=1S/C21H25FN2O2/c1-14(23-15(2)25)17-6-4-16(5-7-17)12-24-11-10-19-18(13-24)8-9-20(26-3)21(19)22/h4-9,14H,10-13H2,1-3H3,(H,23,25)/t14-/m0/s1. The van der Waals surface area contributed by atoms with Crippen molar-refractivity contribution in [3.05, 3.63) is 64.5 Å². The van der Waals surface area contributed by atoms with Crippen LogP contribution in [-0.2, 0) is 24.3 Å². The third kappa shape index (κ3) is 4.05. The summed E-state index contributed by atoms with van der Waals surface area (Å²) in [5, 5.41) is 2.89. The lowest BCUT2D eigenvalue weighted by atomic mass is 9.98. The second kappa shape index (κ2) is 7.87. The van der Waals surface area contributed by atoms with Crippen molar-refractivity contribution < 1.29 is 13.9 Å². The van der Waals surface area contributed by atoms with Gasteiger partial charge in [0, 0.05) is 26.6 Å². The molecule has 1 aliphatic rings. The van der Waals surface area contributed by atoms with E-state index in [0.29, 0.717) is 12.2 Å². The molecule has 0 fully saturated rings. The Balaban J connectivity index is 1.65. The zero-order chi connectivity index (χ0) is 18.7. The van der Waals surface area contributed by atoms with Gasteiger partial charge in [-0.15, -0.1) is 0 Å². The Labute approximate surface area is 154 Å². The molecule has 0 aromatic heterocycles. The SMILES string of the molecule is COc1ccc2c(c1F)CCN(Cc1ccc([C@H](C)NC(C)=O)cc1)C2. The highest BCUT2D eigenvalue weighted by atomic mass is 19.1. The number of nitrogens with zero attached hydrogens (tertiary/aromatic N) is 1. The van der Waals surface area contributed by atoms with Crippen molar-refractivity contribution in [3.63, 3.8) is 0 Å². The molecule has 0 aliphatic carbocycles. The summed E-state index contributed by atoms with van der Waals surface area (Å²) >= 11 is 0. The Morgan fingerprint density at radius 2 is 2.00 bits per heavy atom. The summed E-state index contributed by atoms with van der Waals surface area (Å²) in [6, 6.07) is 12.0. The average molecular weight is 356 g/mol. The molecular formula is C21H25FN2O2. The molecule has 0 unspecified atom stereocenters. The van der Waals surface area contributed by atoms with Crippen LogP contribution in [-0.4, -0.2) is 24.5 Å². The van der Waals surface area contributed by atoms with Crippen LogP contribution in [0.4, 0.5) is 4.39 Å². The predicted octanol–water partition coefficient (Wildman–Crippen LogP) is 3.59. The molecule has 0 radical (unpaired) electrons. The molecule has 1 N–H and O–H groups in total. The van der Waals surface area contributed by atoms with Gasteiger partial charge in [-0.25, -0.2) is 4.39 Å². The first-order chi connectivity index (χ1) is 12.5.